The Morgan fingerprint density at radius 3 is 2.67 bits per heavy atom. The summed E-state index contributed by atoms with van der Waals surface area (Å²) in [4.78, 5) is 19.0. The van der Waals surface area contributed by atoms with Gasteiger partial charge in [-0.2, -0.15) is 5.10 Å². The van der Waals surface area contributed by atoms with Gasteiger partial charge in [-0.1, -0.05) is 0 Å². The molecule has 0 aliphatic carbocycles. The van der Waals surface area contributed by atoms with Crippen molar-refractivity contribution in [3.8, 4) is 17.1 Å². The Kier molecular flexibility index (Phi) is 5.67. The van der Waals surface area contributed by atoms with Crippen LogP contribution in [-0.4, -0.2) is 58.9 Å². The predicted molar refractivity (Wildman–Crippen MR) is 100 cm³/mol. The molecule has 2 aromatic rings. The van der Waals surface area contributed by atoms with Gasteiger partial charge >= 0.3 is 0 Å². The molecule has 144 valence electrons. The van der Waals surface area contributed by atoms with Crippen molar-refractivity contribution in [2.24, 2.45) is 11.8 Å². The minimum Gasteiger partial charge on any atom is -0.492 e. The van der Waals surface area contributed by atoms with Crippen LogP contribution in [0.3, 0.4) is 0 Å². The van der Waals surface area contributed by atoms with E-state index in [-0.39, 0.29) is 5.92 Å². The van der Waals surface area contributed by atoms with E-state index in [0.717, 1.165) is 55.9 Å². The summed E-state index contributed by atoms with van der Waals surface area (Å²) < 4.78 is 11.3. The Hall–Kier alpha value is -2.41. The number of H-pyrrole nitrogens is 1. The van der Waals surface area contributed by atoms with E-state index in [9.17, 15) is 4.79 Å². The molecule has 1 N–H and O–H groups in total. The third kappa shape index (κ3) is 4.47. The van der Waals surface area contributed by atoms with Crippen molar-refractivity contribution in [3.63, 3.8) is 0 Å². The maximum atomic E-state index is 12.6. The molecule has 0 bridgehead atoms. The van der Waals surface area contributed by atoms with Crippen LogP contribution in [0.4, 0.5) is 0 Å². The first-order valence-electron chi connectivity index (χ1n) is 9.75. The number of nitrogens with one attached hydrogen (secondary N) is 1. The summed E-state index contributed by atoms with van der Waals surface area (Å²) in [6.07, 6.45) is 7.18. The van der Waals surface area contributed by atoms with Gasteiger partial charge in [-0.25, -0.2) is 0 Å². The lowest BCUT2D eigenvalue weighted by atomic mass is 9.94. The number of amides is 1. The molecule has 2 aromatic heterocycles. The Labute approximate surface area is 159 Å². The molecule has 0 aromatic carbocycles. The molecule has 4 rings (SSSR count). The standard InChI is InChI=1S/C20H26N4O3/c25-20(16-6-11-26-12-7-16)24-9-4-15(5-10-24)14-27-17-1-2-18(21-13-17)19-3-8-22-23-19/h1-3,8,13,15-16H,4-7,9-12,14H2,(H,22,23). The van der Waals surface area contributed by atoms with Crippen molar-refractivity contribution in [2.45, 2.75) is 25.7 Å². The van der Waals surface area contributed by atoms with Gasteiger partial charge in [0.15, 0.2) is 0 Å². The van der Waals surface area contributed by atoms with Crippen LogP contribution in [-0.2, 0) is 9.53 Å². The Morgan fingerprint density at radius 2 is 2.00 bits per heavy atom. The second-order valence-electron chi connectivity index (χ2n) is 7.32. The molecule has 27 heavy (non-hydrogen) atoms. The van der Waals surface area contributed by atoms with Crippen molar-refractivity contribution < 1.29 is 14.3 Å². The highest BCUT2D eigenvalue weighted by molar-refractivity contribution is 5.79. The fourth-order valence-corrected chi connectivity index (χ4v) is 3.76. The number of ether oxygens (including phenoxy) is 2. The number of rotatable bonds is 5. The van der Waals surface area contributed by atoms with Gasteiger partial charge < -0.3 is 14.4 Å². The van der Waals surface area contributed by atoms with Crippen LogP contribution in [0.25, 0.3) is 11.4 Å². The molecule has 4 heterocycles. The highest BCUT2D eigenvalue weighted by Crippen LogP contribution is 2.24. The lowest BCUT2D eigenvalue weighted by molar-refractivity contribution is -0.140. The average Bonchev–Trinajstić information content (AvgIpc) is 3.28. The van der Waals surface area contributed by atoms with E-state index in [1.54, 1.807) is 12.4 Å². The maximum absolute atomic E-state index is 12.6. The molecule has 2 aliphatic rings. The van der Waals surface area contributed by atoms with Crippen molar-refractivity contribution in [1.29, 1.82) is 0 Å². The van der Waals surface area contributed by atoms with E-state index in [1.165, 1.54) is 0 Å². The topological polar surface area (TPSA) is 80.3 Å². The van der Waals surface area contributed by atoms with Crippen molar-refractivity contribution in [3.05, 3.63) is 30.6 Å². The lowest BCUT2D eigenvalue weighted by Crippen LogP contribution is -2.43. The number of nitrogens with zero attached hydrogens (tertiary/aromatic N) is 3. The zero-order chi connectivity index (χ0) is 18.5. The number of pyridine rings is 1. The number of likely N-dealkylation sites (tertiary alicyclic amines) is 1. The van der Waals surface area contributed by atoms with Gasteiger partial charge in [0, 0.05) is 38.4 Å². The van der Waals surface area contributed by atoms with E-state index in [0.29, 0.717) is 31.6 Å². The second kappa shape index (κ2) is 8.52. The van der Waals surface area contributed by atoms with E-state index < -0.39 is 0 Å². The number of piperidine rings is 1. The van der Waals surface area contributed by atoms with Crippen LogP contribution >= 0.6 is 0 Å². The molecular weight excluding hydrogens is 344 g/mol. The van der Waals surface area contributed by atoms with Crippen molar-refractivity contribution in [2.75, 3.05) is 32.9 Å². The molecule has 2 aliphatic heterocycles. The third-order valence-electron chi connectivity index (χ3n) is 5.50. The number of hydrogen-bond acceptors (Lipinski definition) is 5. The molecule has 0 unspecified atom stereocenters. The molecule has 0 saturated carbocycles. The first-order valence-corrected chi connectivity index (χ1v) is 9.75. The highest BCUT2D eigenvalue weighted by atomic mass is 16.5. The van der Waals surface area contributed by atoms with Gasteiger partial charge in [-0.3, -0.25) is 14.9 Å². The summed E-state index contributed by atoms with van der Waals surface area (Å²) in [6.45, 7) is 3.77. The summed E-state index contributed by atoms with van der Waals surface area (Å²) in [6, 6.07) is 5.75. The van der Waals surface area contributed by atoms with Crippen molar-refractivity contribution in [1.82, 2.24) is 20.1 Å². The number of carbonyl (C=O) groups is 1. The second-order valence-corrected chi connectivity index (χ2v) is 7.32. The number of carbonyl (C=O) groups excluding carboxylic acids is 1. The Balaban J connectivity index is 1.22. The van der Waals surface area contributed by atoms with Crippen LogP contribution in [0.1, 0.15) is 25.7 Å². The van der Waals surface area contributed by atoms with Crippen LogP contribution in [0.2, 0.25) is 0 Å². The summed E-state index contributed by atoms with van der Waals surface area (Å²) >= 11 is 0. The van der Waals surface area contributed by atoms with Gasteiger partial charge in [-0.05, 0) is 49.8 Å². The third-order valence-corrected chi connectivity index (χ3v) is 5.50. The van der Waals surface area contributed by atoms with Gasteiger partial charge in [0.25, 0.3) is 0 Å². The largest absolute Gasteiger partial charge is 0.492 e. The Bertz CT molecular complexity index is 718. The molecule has 2 saturated heterocycles. The molecule has 0 radical (unpaired) electrons. The first kappa shape index (κ1) is 18.0. The molecule has 7 nitrogen and oxygen atoms in total. The quantitative estimate of drug-likeness (QED) is 0.875. The van der Waals surface area contributed by atoms with Crippen LogP contribution in [0.5, 0.6) is 5.75 Å². The molecule has 1 amide bonds. The van der Waals surface area contributed by atoms with Gasteiger partial charge in [0.1, 0.15) is 5.75 Å². The normalized spacial score (nSPS) is 19.2. The first-order chi connectivity index (χ1) is 13.3. The number of hydrogen-bond donors (Lipinski definition) is 1. The minimum absolute atomic E-state index is 0.158. The molecule has 0 spiro atoms. The summed E-state index contributed by atoms with van der Waals surface area (Å²) in [7, 11) is 0. The number of aromatic nitrogens is 3. The maximum Gasteiger partial charge on any atom is 0.225 e. The van der Waals surface area contributed by atoms with Crippen LogP contribution < -0.4 is 4.74 Å². The fourth-order valence-electron chi connectivity index (χ4n) is 3.76. The predicted octanol–water partition coefficient (Wildman–Crippen LogP) is 2.52. The average molecular weight is 370 g/mol. The molecule has 2 fully saturated rings. The highest BCUT2D eigenvalue weighted by Gasteiger charge is 2.29. The Morgan fingerprint density at radius 1 is 1.19 bits per heavy atom. The van der Waals surface area contributed by atoms with E-state index in [4.69, 9.17) is 9.47 Å². The smallest absolute Gasteiger partial charge is 0.225 e. The summed E-state index contributed by atoms with van der Waals surface area (Å²) in [5, 5.41) is 6.84. The van der Waals surface area contributed by atoms with Gasteiger partial charge in [0.2, 0.25) is 5.91 Å². The zero-order valence-electron chi connectivity index (χ0n) is 15.5. The summed E-state index contributed by atoms with van der Waals surface area (Å²) in [5.74, 6) is 1.73. The molecule has 7 heteroatoms. The van der Waals surface area contributed by atoms with Crippen molar-refractivity contribution >= 4 is 5.91 Å². The summed E-state index contributed by atoms with van der Waals surface area (Å²) in [5.41, 5.74) is 1.74. The fraction of sp³-hybridized carbons (Fsp3) is 0.550. The number of aromatic amines is 1. The SMILES string of the molecule is O=C(C1CCOCC1)N1CCC(COc2ccc(-c3ccn[nH]3)nc2)CC1. The van der Waals surface area contributed by atoms with E-state index in [1.807, 2.05) is 23.1 Å². The molecule has 0 atom stereocenters. The zero-order valence-corrected chi connectivity index (χ0v) is 15.5. The van der Waals surface area contributed by atoms with Gasteiger partial charge in [0.05, 0.1) is 24.2 Å². The minimum atomic E-state index is 0.158. The van der Waals surface area contributed by atoms with Crippen LogP contribution in [0.15, 0.2) is 30.6 Å². The van der Waals surface area contributed by atoms with E-state index >= 15 is 0 Å². The van der Waals surface area contributed by atoms with E-state index in [2.05, 4.69) is 15.2 Å². The lowest BCUT2D eigenvalue weighted by Gasteiger charge is -2.35. The molecular formula is C20H26N4O3. The van der Waals surface area contributed by atoms with Crippen LogP contribution in [0, 0.1) is 11.8 Å². The van der Waals surface area contributed by atoms with Gasteiger partial charge in [-0.15, -0.1) is 0 Å². The monoisotopic (exact) mass is 370 g/mol.